The highest BCUT2D eigenvalue weighted by Gasteiger charge is 2.02. The highest BCUT2D eigenvalue weighted by molar-refractivity contribution is 5.32. The summed E-state index contributed by atoms with van der Waals surface area (Å²) < 4.78 is 20.8. The van der Waals surface area contributed by atoms with E-state index in [9.17, 15) is 4.79 Å². The largest absolute Gasteiger partial charge is 0.394 e. The first-order valence-electron chi connectivity index (χ1n) is 8.75. The van der Waals surface area contributed by atoms with E-state index in [1.54, 1.807) is 0 Å². The van der Waals surface area contributed by atoms with E-state index in [4.69, 9.17) is 29.2 Å². The maximum Gasteiger partial charge on any atom is 0.350 e. The normalized spacial score (nSPS) is 10.9. The van der Waals surface area contributed by atoms with Gasteiger partial charge in [0.25, 0.3) is 0 Å². The second-order valence-electron chi connectivity index (χ2n) is 5.08. The molecule has 0 aliphatic rings. The summed E-state index contributed by atoms with van der Waals surface area (Å²) >= 11 is 0. The molecule has 0 aliphatic heterocycles. The number of hydrogen-bond acceptors (Lipinski definition) is 11. The molecule has 0 unspecified atom stereocenters. The highest BCUT2D eigenvalue weighted by atomic mass is 16.5. The van der Waals surface area contributed by atoms with Crippen molar-refractivity contribution in [3.8, 4) is 0 Å². The lowest BCUT2D eigenvalue weighted by Gasteiger charge is -2.09. The molecule has 1 rings (SSSR count). The van der Waals surface area contributed by atoms with Crippen molar-refractivity contribution in [3.63, 3.8) is 0 Å². The van der Waals surface area contributed by atoms with Gasteiger partial charge >= 0.3 is 5.69 Å². The molecule has 12 nitrogen and oxygen atoms in total. The van der Waals surface area contributed by atoms with Gasteiger partial charge in [-0.15, -0.1) is 0 Å². The quantitative estimate of drug-likeness (QED) is 0.177. The first kappa shape index (κ1) is 23.2. The van der Waals surface area contributed by atoms with Crippen molar-refractivity contribution in [2.24, 2.45) is 0 Å². The SMILES string of the molecule is O=c1nc(NCCOCCOCCO)nc(NCCOCCOCCO)[nH]1. The highest BCUT2D eigenvalue weighted by Crippen LogP contribution is 1.98. The van der Waals surface area contributed by atoms with Gasteiger partial charge in [-0.25, -0.2) is 4.79 Å². The molecule has 0 fully saturated rings. The molecule has 5 N–H and O–H groups in total. The number of aromatic nitrogens is 3. The van der Waals surface area contributed by atoms with Crippen LogP contribution in [0.15, 0.2) is 4.79 Å². The summed E-state index contributed by atoms with van der Waals surface area (Å²) in [4.78, 5) is 21.9. The minimum absolute atomic E-state index is 0.00975. The van der Waals surface area contributed by atoms with Gasteiger partial charge in [0.15, 0.2) is 0 Å². The monoisotopic (exact) mass is 391 g/mol. The molecule has 0 spiro atoms. The van der Waals surface area contributed by atoms with Gasteiger partial charge in [-0.05, 0) is 0 Å². The van der Waals surface area contributed by atoms with Gasteiger partial charge in [0.2, 0.25) is 11.9 Å². The predicted octanol–water partition coefficient (Wildman–Crippen LogP) is -1.96. The topological polar surface area (TPSA) is 160 Å². The van der Waals surface area contributed by atoms with E-state index in [2.05, 4.69) is 25.6 Å². The smallest absolute Gasteiger partial charge is 0.350 e. The zero-order valence-electron chi connectivity index (χ0n) is 15.3. The number of anilines is 2. The molecule has 1 aromatic rings. The second kappa shape index (κ2) is 16.4. The molecule has 0 bridgehead atoms. The van der Waals surface area contributed by atoms with E-state index >= 15 is 0 Å². The number of aliphatic hydroxyl groups is 2. The summed E-state index contributed by atoms with van der Waals surface area (Å²) in [5.74, 6) is 0.482. The summed E-state index contributed by atoms with van der Waals surface area (Å²) in [6.45, 7) is 3.89. The van der Waals surface area contributed by atoms with Crippen molar-refractivity contribution in [1.82, 2.24) is 15.0 Å². The molecule has 0 radical (unpaired) electrons. The van der Waals surface area contributed by atoms with Crippen LogP contribution >= 0.6 is 0 Å². The third-order valence-corrected chi connectivity index (χ3v) is 2.93. The molecule has 27 heavy (non-hydrogen) atoms. The van der Waals surface area contributed by atoms with Crippen LogP contribution in [0.5, 0.6) is 0 Å². The van der Waals surface area contributed by atoms with Gasteiger partial charge in [-0.1, -0.05) is 0 Å². The lowest BCUT2D eigenvalue weighted by atomic mass is 10.6. The molecule has 0 amide bonds. The summed E-state index contributed by atoms with van der Waals surface area (Å²) in [6.07, 6.45) is 0. The molecule has 0 aliphatic carbocycles. The Bertz CT molecular complexity index is 490. The van der Waals surface area contributed by atoms with E-state index in [0.29, 0.717) is 65.9 Å². The van der Waals surface area contributed by atoms with Crippen LogP contribution in [0.4, 0.5) is 11.9 Å². The van der Waals surface area contributed by atoms with Gasteiger partial charge in [-0.2, -0.15) is 9.97 Å². The Labute approximate surface area is 157 Å². The molecule has 12 heteroatoms. The Morgan fingerprint density at radius 3 is 1.81 bits per heavy atom. The van der Waals surface area contributed by atoms with Crippen LogP contribution in [0.3, 0.4) is 0 Å². The number of H-pyrrole nitrogens is 1. The van der Waals surface area contributed by atoms with Crippen LogP contribution in [0.1, 0.15) is 0 Å². The van der Waals surface area contributed by atoms with E-state index < -0.39 is 5.69 Å². The van der Waals surface area contributed by atoms with Gasteiger partial charge in [0.1, 0.15) is 0 Å². The zero-order valence-corrected chi connectivity index (χ0v) is 15.3. The van der Waals surface area contributed by atoms with Gasteiger partial charge in [0, 0.05) is 13.1 Å². The lowest BCUT2D eigenvalue weighted by molar-refractivity contribution is 0.0360. The Morgan fingerprint density at radius 1 is 0.741 bits per heavy atom. The molecular formula is C15H29N5O7. The van der Waals surface area contributed by atoms with E-state index in [-0.39, 0.29) is 25.1 Å². The van der Waals surface area contributed by atoms with Crippen LogP contribution in [0.2, 0.25) is 0 Å². The fourth-order valence-corrected chi connectivity index (χ4v) is 1.80. The van der Waals surface area contributed by atoms with Crippen LogP contribution in [-0.2, 0) is 18.9 Å². The number of aromatic amines is 1. The first-order chi connectivity index (χ1) is 13.3. The van der Waals surface area contributed by atoms with Crippen molar-refractivity contribution < 1.29 is 29.2 Å². The third kappa shape index (κ3) is 13.1. The van der Waals surface area contributed by atoms with E-state index in [0.717, 1.165) is 0 Å². The summed E-state index contributed by atoms with van der Waals surface area (Å²) in [5.41, 5.74) is -0.522. The molecule has 1 aromatic heterocycles. The average Bonchev–Trinajstić information content (AvgIpc) is 2.65. The van der Waals surface area contributed by atoms with Crippen molar-refractivity contribution in [2.45, 2.75) is 0 Å². The van der Waals surface area contributed by atoms with Crippen molar-refractivity contribution >= 4 is 11.9 Å². The zero-order chi connectivity index (χ0) is 19.6. The second-order valence-corrected chi connectivity index (χ2v) is 5.08. The fourth-order valence-electron chi connectivity index (χ4n) is 1.80. The number of rotatable bonds is 18. The van der Waals surface area contributed by atoms with Crippen molar-refractivity contribution in [3.05, 3.63) is 10.5 Å². The Kier molecular flexibility index (Phi) is 14.1. The van der Waals surface area contributed by atoms with Crippen LogP contribution < -0.4 is 16.3 Å². The van der Waals surface area contributed by atoms with Crippen molar-refractivity contribution in [2.75, 3.05) is 89.8 Å². The minimum atomic E-state index is -0.522. The minimum Gasteiger partial charge on any atom is -0.394 e. The molecule has 0 aromatic carbocycles. The van der Waals surface area contributed by atoms with Crippen molar-refractivity contribution in [1.29, 1.82) is 0 Å². The van der Waals surface area contributed by atoms with Gasteiger partial charge < -0.3 is 39.8 Å². The maximum atomic E-state index is 11.6. The maximum absolute atomic E-state index is 11.6. The predicted molar refractivity (Wildman–Crippen MR) is 97.1 cm³/mol. The van der Waals surface area contributed by atoms with Crippen LogP contribution in [0, 0.1) is 0 Å². The Balaban J connectivity index is 2.15. The Morgan fingerprint density at radius 2 is 1.26 bits per heavy atom. The van der Waals surface area contributed by atoms with Gasteiger partial charge in [-0.3, -0.25) is 4.98 Å². The summed E-state index contributed by atoms with van der Waals surface area (Å²) in [6, 6.07) is 0. The number of nitrogens with zero attached hydrogens (tertiary/aromatic N) is 2. The molecule has 0 atom stereocenters. The molecule has 0 saturated carbocycles. The number of ether oxygens (including phenoxy) is 4. The Hall–Kier alpha value is -1.83. The third-order valence-electron chi connectivity index (χ3n) is 2.93. The lowest BCUT2D eigenvalue weighted by Crippen LogP contribution is -2.22. The first-order valence-corrected chi connectivity index (χ1v) is 8.75. The molecular weight excluding hydrogens is 362 g/mol. The fraction of sp³-hybridized carbons (Fsp3) is 0.800. The summed E-state index contributed by atoms with van der Waals surface area (Å²) in [7, 11) is 0. The summed E-state index contributed by atoms with van der Waals surface area (Å²) in [5, 5.41) is 23.0. The average molecular weight is 391 g/mol. The molecule has 0 saturated heterocycles. The van der Waals surface area contributed by atoms with Crippen LogP contribution in [0.25, 0.3) is 0 Å². The molecule has 156 valence electrons. The van der Waals surface area contributed by atoms with E-state index in [1.165, 1.54) is 0 Å². The standard InChI is InChI=1S/C15H29N5O7/c21-3-7-26-11-9-24-5-1-16-13-18-14(20-15(23)19-13)17-2-6-25-10-12-27-8-4-22/h21-22H,1-12H2,(H3,16,17,18,19,20,23). The number of nitrogens with one attached hydrogen (secondary N) is 3. The number of aliphatic hydroxyl groups excluding tert-OH is 2. The van der Waals surface area contributed by atoms with E-state index in [1.807, 2.05) is 0 Å². The number of hydrogen-bond donors (Lipinski definition) is 5. The van der Waals surface area contributed by atoms with Crippen LogP contribution in [-0.4, -0.2) is 104 Å². The molecule has 1 heterocycles. The van der Waals surface area contributed by atoms with Gasteiger partial charge in [0.05, 0.1) is 66.1 Å².